The first kappa shape index (κ1) is 24.4. The highest BCUT2D eigenvalue weighted by atomic mass is 19.4. The van der Waals surface area contributed by atoms with Crippen LogP contribution in [0.1, 0.15) is 32.3 Å². The van der Waals surface area contributed by atoms with Crippen molar-refractivity contribution in [3.8, 4) is 5.75 Å². The van der Waals surface area contributed by atoms with E-state index in [1.807, 2.05) is 13.8 Å². The van der Waals surface area contributed by atoms with Gasteiger partial charge in [0, 0.05) is 32.0 Å². The fourth-order valence-corrected chi connectivity index (χ4v) is 3.13. The van der Waals surface area contributed by atoms with Crippen LogP contribution in [0.2, 0.25) is 0 Å². The van der Waals surface area contributed by atoms with Crippen molar-refractivity contribution < 1.29 is 37.0 Å². The minimum atomic E-state index is -4.77. The van der Waals surface area contributed by atoms with Gasteiger partial charge >= 0.3 is 6.36 Å². The summed E-state index contributed by atoms with van der Waals surface area (Å²) >= 11 is 0. The van der Waals surface area contributed by atoms with Gasteiger partial charge in [-0.3, -0.25) is 14.4 Å². The molecule has 1 atom stereocenters. The fraction of sp³-hybridized carbons (Fsp3) is 0.550. The Hall–Kier alpha value is -2.82. The zero-order valence-electron chi connectivity index (χ0n) is 17.4. The van der Waals surface area contributed by atoms with Crippen molar-refractivity contribution in [2.45, 2.75) is 51.8 Å². The summed E-state index contributed by atoms with van der Waals surface area (Å²) in [6.07, 6.45) is -5.50. The Morgan fingerprint density at radius 2 is 1.81 bits per heavy atom. The van der Waals surface area contributed by atoms with E-state index in [1.165, 1.54) is 29.2 Å². The van der Waals surface area contributed by atoms with Crippen molar-refractivity contribution in [3.63, 3.8) is 0 Å². The van der Waals surface area contributed by atoms with E-state index >= 15 is 0 Å². The number of nitrogens with two attached hydrogens (primary N) is 1. The first-order valence-electron chi connectivity index (χ1n) is 9.76. The van der Waals surface area contributed by atoms with Gasteiger partial charge in [-0.05, 0) is 31.5 Å². The molecule has 0 radical (unpaired) electrons. The lowest BCUT2D eigenvalue weighted by atomic mass is 10.2. The monoisotopic (exact) mass is 445 g/mol. The maximum Gasteiger partial charge on any atom is 0.573 e. The number of halogens is 3. The Bertz CT molecular complexity index is 783. The number of benzene rings is 1. The van der Waals surface area contributed by atoms with Crippen LogP contribution >= 0.6 is 0 Å². The topological polar surface area (TPSA) is 102 Å². The molecule has 1 aromatic rings. The Morgan fingerprint density at radius 1 is 1.16 bits per heavy atom. The molecule has 0 aliphatic carbocycles. The van der Waals surface area contributed by atoms with E-state index in [4.69, 9.17) is 10.5 Å². The summed E-state index contributed by atoms with van der Waals surface area (Å²) in [5.74, 6) is -1.56. The summed E-state index contributed by atoms with van der Waals surface area (Å²) < 4.78 is 46.5. The molecule has 1 fully saturated rings. The number of hydrogen-bond acceptors (Lipinski definition) is 5. The van der Waals surface area contributed by atoms with E-state index in [-0.39, 0.29) is 62.7 Å². The number of rotatable bonds is 8. The van der Waals surface area contributed by atoms with Crippen LogP contribution in [0.5, 0.6) is 5.75 Å². The number of amides is 3. The van der Waals surface area contributed by atoms with Crippen LogP contribution in [-0.4, -0.2) is 65.7 Å². The Kier molecular flexibility index (Phi) is 8.26. The number of nitrogens with zero attached hydrogens (tertiary/aromatic N) is 2. The van der Waals surface area contributed by atoms with Crippen molar-refractivity contribution in [2.75, 3.05) is 19.6 Å². The van der Waals surface area contributed by atoms with Crippen molar-refractivity contribution in [3.05, 3.63) is 29.8 Å². The van der Waals surface area contributed by atoms with E-state index in [1.54, 1.807) is 4.90 Å². The largest absolute Gasteiger partial charge is 0.573 e. The Balaban J connectivity index is 2.04. The Morgan fingerprint density at radius 3 is 2.35 bits per heavy atom. The normalized spacial score (nSPS) is 17.6. The molecule has 1 aromatic carbocycles. The molecule has 172 valence electrons. The van der Waals surface area contributed by atoms with Crippen molar-refractivity contribution >= 4 is 17.7 Å². The van der Waals surface area contributed by atoms with Gasteiger partial charge in [-0.2, -0.15) is 0 Å². The van der Waals surface area contributed by atoms with Crippen LogP contribution in [0.25, 0.3) is 0 Å². The average Bonchev–Trinajstić information content (AvgIpc) is 2.83. The molecule has 2 rings (SSSR count). The predicted octanol–water partition coefficient (Wildman–Crippen LogP) is 1.82. The molecule has 0 saturated carbocycles. The molecular weight excluding hydrogens is 419 g/mol. The molecule has 2 N–H and O–H groups in total. The number of alkyl halides is 3. The number of primary amides is 1. The second-order valence-corrected chi connectivity index (χ2v) is 7.51. The predicted molar refractivity (Wildman–Crippen MR) is 104 cm³/mol. The van der Waals surface area contributed by atoms with Crippen molar-refractivity contribution in [1.29, 1.82) is 0 Å². The van der Waals surface area contributed by atoms with Crippen LogP contribution < -0.4 is 10.5 Å². The van der Waals surface area contributed by atoms with Gasteiger partial charge in [0.25, 0.3) is 0 Å². The van der Waals surface area contributed by atoms with Crippen LogP contribution in [0, 0.1) is 0 Å². The number of ether oxygens (including phenoxy) is 2. The lowest BCUT2D eigenvalue weighted by molar-refractivity contribution is -0.274. The molecule has 0 spiro atoms. The van der Waals surface area contributed by atoms with Gasteiger partial charge in [0.05, 0.1) is 19.3 Å². The smallest absolute Gasteiger partial charge is 0.406 e. The van der Waals surface area contributed by atoms with Crippen LogP contribution in [0.3, 0.4) is 0 Å². The van der Waals surface area contributed by atoms with E-state index in [0.29, 0.717) is 5.56 Å². The van der Waals surface area contributed by atoms with E-state index in [0.717, 1.165) is 0 Å². The molecule has 8 nitrogen and oxygen atoms in total. The van der Waals surface area contributed by atoms with Gasteiger partial charge in [-0.15, -0.1) is 13.2 Å². The summed E-state index contributed by atoms with van der Waals surface area (Å²) in [6.45, 7) is 4.03. The van der Waals surface area contributed by atoms with Crippen LogP contribution in [0.15, 0.2) is 24.3 Å². The third-order valence-corrected chi connectivity index (χ3v) is 4.67. The third-order valence-electron chi connectivity index (χ3n) is 4.67. The number of carbonyl (C=O) groups excluding carboxylic acids is 3. The SMILES string of the molecule is CC(C)N1C[C@@H](OCc2ccc(OC(F)(F)F)cc2)CN(C(=O)CCC(N)=O)CC1=O. The molecule has 1 aliphatic heterocycles. The summed E-state index contributed by atoms with van der Waals surface area (Å²) in [4.78, 5) is 38.9. The van der Waals surface area contributed by atoms with Crippen LogP contribution in [0.4, 0.5) is 13.2 Å². The fourth-order valence-electron chi connectivity index (χ4n) is 3.13. The average molecular weight is 445 g/mol. The minimum absolute atomic E-state index is 0.0698. The van der Waals surface area contributed by atoms with Crippen molar-refractivity contribution in [2.24, 2.45) is 5.73 Å². The minimum Gasteiger partial charge on any atom is -0.406 e. The van der Waals surface area contributed by atoms with Gasteiger partial charge in [-0.1, -0.05) is 12.1 Å². The first-order chi connectivity index (χ1) is 14.4. The molecule has 1 heterocycles. The molecule has 31 heavy (non-hydrogen) atoms. The highest BCUT2D eigenvalue weighted by Crippen LogP contribution is 2.23. The van der Waals surface area contributed by atoms with E-state index < -0.39 is 18.4 Å². The quantitative estimate of drug-likeness (QED) is 0.658. The molecule has 0 bridgehead atoms. The summed E-state index contributed by atoms with van der Waals surface area (Å²) in [6, 6.07) is 5.14. The maximum absolute atomic E-state index is 12.6. The summed E-state index contributed by atoms with van der Waals surface area (Å²) in [7, 11) is 0. The van der Waals surface area contributed by atoms with Crippen molar-refractivity contribution in [1.82, 2.24) is 9.80 Å². The second-order valence-electron chi connectivity index (χ2n) is 7.51. The van der Waals surface area contributed by atoms with Gasteiger partial charge in [0.2, 0.25) is 17.7 Å². The molecule has 11 heteroatoms. The summed E-state index contributed by atoms with van der Waals surface area (Å²) in [5, 5.41) is 0. The van der Waals surface area contributed by atoms with Crippen LogP contribution in [-0.2, 0) is 25.7 Å². The van der Waals surface area contributed by atoms with Gasteiger partial charge in [0.15, 0.2) is 0 Å². The highest BCUT2D eigenvalue weighted by Gasteiger charge is 2.32. The molecule has 0 aromatic heterocycles. The first-order valence-corrected chi connectivity index (χ1v) is 9.76. The zero-order valence-corrected chi connectivity index (χ0v) is 17.4. The Labute approximate surface area is 178 Å². The van der Waals surface area contributed by atoms with E-state index in [2.05, 4.69) is 4.74 Å². The highest BCUT2D eigenvalue weighted by molar-refractivity contribution is 5.87. The van der Waals surface area contributed by atoms with Gasteiger partial charge < -0.3 is 25.0 Å². The molecule has 3 amide bonds. The summed E-state index contributed by atoms with van der Waals surface area (Å²) in [5.41, 5.74) is 5.70. The maximum atomic E-state index is 12.6. The number of hydrogen-bond donors (Lipinski definition) is 1. The molecular formula is C20H26F3N3O5. The second kappa shape index (κ2) is 10.5. The zero-order chi connectivity index (χ0) is 23.2. The van der Waals surface area contributed by atoms with Gasteiger partial charge in [-0.25, -0.2) is 0 Å². The third kappa shape index (κ3) is 8.08. The molecule has 1 saturated heterocycles. The number of carbonyl (C=O) groups is 3. The molecule has 0 unspecified atom stereocenters. The van der Waals surface area contributed by atoms with E-state index in [9.17, 15) is 27.6 Å². The lowest BCUT2D eigenvalue weighted by Crippen LogP contribution is -2.42. The van der Waals surface area contributed by atoms with Gasteiger partial charge in [0.1, 0.15) is 5.75 Å². The standard InChI is InChI=1S/C20H26F3N3O5/c1-13(2)26-10-16(9-25(11-19(26)29)18(28)8-7-17(24)27)30-12-14-3-5-15(6-4-14)31-20(21,22)23/h3-6,13,16H,7-12H2,1-2H3,(H2,24,27)/t16-/m0/s1. The lowest BCUT2D eigenvalue weighted by Gasteiger charge is -2.27. The molecule has 1 aliphatic rings.